The molecule has 0 saturated carbocycles. The van der Waals surface area contributed by atoms with Crippen LogP contribution in [0.5, 0.6) is 5.75 Å². The molecule has 1 amide bonds. The fraction of sp³-hybridized carbons (Fsp3) is 0.179. The number of nitrogens with zero attached hydrogens (tertiary/aromatic N) is 3. The maximum Gasteiger partial charge on any atom is 0.276 e. The zero-order valence-electron chi connectivity index (χ0n) is 19.2. The second-order valence-corrected chi connectivity index (χ2v) is 8.53. The van der Waals surface area contributed by atoms with Gasteiger partial charge in [0.05, 0.1) is 6.67 Å². The number of hydrogen-bond acceptors (Lipinski definition) is 5. The van der Waals surface area contributed by atoms with Crippen molar-refractivity contribution in [1.82, 2.24) is 14.9 Å². The first-order valence-corrected chi connectivity index (χ1v) is 11.5. The molecule has 1 fully saturated rings. The van der Waals surface area contributed by atoms with Crippen LogP contribution in [0.2, 0.25) is 0 Å². The number of benzene rings is 3. The lowest BCUT2D eigenvalue weighted by Crippen LogP contribution is -2.56. The Morgan fingerprint density at radius 1 is 0.886 bits per heavy atom. The smallest absolute Gasteiger partial charge is 0.276 e. The van der Waals surface area contributed by atoms with Gasteiger partial charge in [-0.15, -0.1) is 0 Å². The van der Waals surface area contributed by atoms with E-state index in [4.69, 9.17) is 4.74 Å². The zero-order chi connectivity index (χ0) is 24.2. The van der Waals surface area contributed by atoms with Crippen LogP contribution in [0, 0.1) is 5.82 Å². The molecule has 6 nitrogen and oxygen atoms in total. The average molecular weight is 472 g/mol. The highest BCUT2D eigenvalue weighted by atomic mass is 19.1. The van der Waals surface area contributed by atoms with Crippen LogP contribution >= 0.6 is 0 Å². The van der Waals surface area contributed by atoms with Gasteiger partial charge in [0.15, 0.2) is 5.70 Å². The first-order valence-electron chi connectivity index (χ1n) is 11.5. The third-order valence-corrected chi connectivity index (χ3v) is 6.08. The number of aliphatic hydroxyl groups excluding tert-OH is 1. The predicted octanol–water partition coefficient (Wildman–Crippen LogP) is 5.11. The average Bonchev–Trinajstić information content (AvgIpc) is 2.88. The van der Waals surface area contributed by atoms with E-state index < -0.39 is 0 Å². The summed E-state index contributed by atoms with van der Waals surface area (Å²) in [6.07, 6.45) is 3.96. The summed E-state index contributed by atoms with van der Waals surface area (Å²) in [5.74, 6) is 0.254. The van der Waals surface area contributed by atoms with Crippen LogP contribution in [-0.2, 0) is 24.5 Å². The Hall–Kier alpha value is -4.10. The molecular formula is C28H26FN3O3. The van der Waals surface area contributed by atoms with E-state index in [9.17, 15) is 14.3 Å². The molecule has 7 heteroatoms. The van der Waals surface area contributed by atoms with Gasteiger partial charge in [-0.2, -0.15) is 5.01 Å². The standard InChI is InChI=1S/C28H26FN3O3/c29-24-14-12-21(13-15-24)17-30-20-31(32-16-6-11-26(33)27(32)28(30)34)18-22-7-4-5-8-23(22)19-35-25-9-2-1-3-10-25/h1-10,12-16,33H,11,17-20H2. The number of rotatable bonds is 7. The molecule has 3 aromatic carbocycles. The highest BCUT2D eigenvalue weighted by molar-refractivity contribution is 5.94. The van der Waals surface area contributed by atoms with E-state index in [1.54, 1.807) is 22.0 Å². The Balaban J connectivity index is 1.39. The quantitative estimate of drug-likeness (QED) is 0.519. The van der Waals surface area contributed by atoms with Gasteiger partial charge in [-0.3, -0.25) is 9.80 Å². The predicted molar refractivity (Wildman–Crippen MR) is 130 cm³/mol. The third-order valence-electron chi connectivity index (χ3n) is 6.08. The Kier molecular flexibility index (Phi) is 6.50. The van der Waals surface area contributed by atoms with Crippen LogP contribution in [0.1, 0.15) is 23.1 Å². The molecule has 0 bridgehead atoms. The van der Waals surface area contributed by atoms with Gasteiger partial charge in [-0.1, -0.05) is 60.7 Å². The minimum Gasteiger partial charge on any atom is -0.510 e. The van der Waals surface area contributed by atoms with E-state index >= 15 is 0 Å². The molecule has 2 aliphatic rings. The van der Waals surface area contributed by atoms with E-state index in [0.29, 0.717) is 32.8 Å². The van der Waals surface area contributed by atoms with E-state index in [-0.39, 0.29) is 23.2 Å². The monoisotopic (exact) mass is 471 g/mol. The minimum atomic E-state index is -0.321. The first kappa shape index (κ1) is 22.7. The van der Waals surface area contributed by atoms with Crippen LogP contribution < -0.4 is 4.74 Å². The molecule has 1 N–H and O–H groups in total. The van der Waals surface area contributed by atoms with Crippen molar-refractivity contribution in [2.24, 2.45) is 0 Å². The fourth-order valence-electron chi connectivity index (χ4n) is 4.29. The summed E-state index contributed by atoms with van der Waals surface area (Å²) in [6, 6.07) is 23.8. The van der Waals surface area contributed by atoms with Gasteiger partial charge in [0.25, 0.3) is 5.91 Å². The molecule has 5 rings (SSSR count). The Labute approximate surface area is 203 Å². The summed E-state index contributed by atoms with van der Waals surface area (Å²) < 4.78 is 19.4. The van der Waals surface area contributed by atoms with E-state index in [1.807, 2.05) is 71.9 Å². The molecule has 0 atom stereocenters. The largest absolute Gasteiger partial charge is 0.510 e. The molecule has 35 heavy (non-hydrogen) atoms. The molecule has 0 aromatic heterocycles. The van der Waals surface area contributed by atoms with Gasteiger partial charge >= 0.3 is 0 Å². The lowest BCUT2D eigenvalue weighted by molar-refractivity contribution is -0.148. The van der Waals surface area contributed by atoms with Crippen molar-refractivity contribution >= 4 is 5.91 Å². The van der Waals surface area contributed by atoms with E-state index in [2.05, 4.69) is 0 Å². The van der Waals surface area contributed by atoms with Crippen molar-refractivity contribution in [2.75, 3.05) is 6.67 Å². The van der Waals surface area contributed by atoms with Crippen LogP contribution in [0.4, 0.5) is 4.39 Å². The second kappa shape index (κ2) is 10.0. The summed E-state index contributed by atoms with van der Waals surface area (Å²) in [5, 5.41) is 14.3. The number of fused-ring (bicyclic) bond motifs is 1. The van der Waals surface area contributed by atoms with Gasteiger partial charge in [-0.05, 0) is 41.0 Å². The molecule has 0 radical (unpaired) electrons. The number of hydrogen-bond donors (Lipinski definition) is 1. The summed E-state index contributed by atoms with van der Waals surface area (Å²) >= 11 is 0. The summed E-state index contributed by atoms with van der Waals surface area (Å²) in [5.41, 5.74) is 3.15. The van der Waals surface area contributed by atoms with Crippen molar-refractivity contribution in [2.45, 2.75) is 26.1 Å². The molecule has 0 aliphatic carbocycles. The van der Waals surface area contributed by atoms with Gasteiger partial charge < -0.3 is 14.7 Å². The van der Waals surface area contributed by atoms with Gasteiger partial charge in [0.2, 0.25) is 0 Å². The van der Waals surface area contributed by atoms with Crippen LogP contribution in [0.3, 0.4) is 0 Å². The van der Waals surface area contributed by atoms with E-state index in [0.717, 1.165) is 22.4 Å². The number of carbonyl (C=O) groups is 1. The maximum atomic E-state index is 13.4. The first-order chi connectivity index (χ1) is 17.1. The van der Waals surface area contributed by atoms with Crippen LogP contribution in [-0.4, -0.2) is 32.6 Å². The molecule has 2 aliphatic heterocycles. The Morgan fingerprint density at radius 2 is 1.60 bits per heavy atom. The number of allylic oxidation sites excluding steroid dienone is 1. The molecule has 178 valence electrons. The lowest BCUT2D eigenvalue weighted by Gasteiger charge is -2.45. The maximum absolute atomic E-state index is 13.4. The van der Waals surface area contributed by atoms with Gasteiger partial charge in [0, 0.05) is 25.7 Å². The Morgan fingerprint density at radius 3 is 2.37 bits per heavy atom. The number of aliphatic hydroxyl groups is 1. The van der Waals surface area contributed by atoms with Crippen molar-refractivity contribution < 1.29 is 19.0 Å². The number of amides is 1. The van der Waals surface area contributed by atoms with E-state index in [1.165, 1.54) is 12.1 Å². The molecule has 3 aromatic rings. The van der Waals surface area contributed by atoms with Crippen LogP contribution in [0.15, 0.2) is 103 Å². The van der Waals surface area contributed by atoms with Crippen molar-refractivity contribution in [3.8, 4) is 5.75 Å². The summed E-state index contributed by atoms with van der Waals surface area (Å²) in [7, 11) is 0. The SMILES string of the molecule is O=C1C2=C(O)CC=CN2N(Cc2ccccc2COc2ccccc2)CN1Cc1ccc(F)cc1. The van der Waals surface area contributed by atoms with Crippen LogP contribution in [0.25, 0.3) is 0 Å². The normalized spacial score (nSPS) is 16.0. The highest BCUT2D eigenvalue weighted by Crippen LogP contribution is 2.30. The third kappa shape index (κ3) is 5.05. The summed E-state index contributed by atoms with van der Waals surface area (Å²) in [4.78, 5) is 14.9. The van der Waals surface area contributed by atoms with Gasteiger partial charge in [-0.25, -0.2) is 4.39 Å². The zero-order valence-corrected chi connectivity index (χ0v) is 19.2. The highest BCUT2D eigenvalue weighted by Gasteiger charge is 2.37. The lowest BCUT2D eigenvalue weighted by atomic mass is 10.1. The number of para-hydroxylation sites is 1. The van der Waals surface area contributed by atoms with Crippen molar-refractivity contribution in [1.29, 1.82) is 0 Å². The second-order valence-electron chi connectivity index (χ2n) is 8.53. The minimum absolute atomic E-state index is 0.0343. The Bertz CT molecular complexity index is 1260. The van der Waals surface area contributed by atoms with Crippen molar-refractivity contribution in [3.63, 3.8) is 0 Å². The number of ether oxygens (including phenoxy) is 1. The molecule has 0 unspecified atom stereocenters. The van der Waals surface area contributed by atoms with Gasteiger partial charge in [0.1, 0.15) is 23.9 Å². The number of carbonyl (C=O) groups excluding carboxylic acids is 1. The molecule has 1 saturated heterocycles. The fourth-order valence-corrected chi connectivity index (χ4v) is 4.29. The topological polar surface area (TPSA) is 56.3 Å². The molecular weight excluding hydrogens is 445 g/mol. The van der Waals surface area contributed by atoms with Crippen molar-refractivity contribution in [3.05, 3.63) is 125 Å². The molecule has 2 heterocycles. The number of hydrazine groups is 1. The summed E-state index contributed by atoms with van der Waals surface area (Å²) in [6.45, 7) is 1.53. The molecule has 0 spiro atoms. The number of halogens is 1.